The summed E-state index contributed by atoms with van der Waals surface area (Å²) in [4.78, 5) is 0. The van der Waals surface area contributed by atoms with Crippen molar-refractivity contribution in [3.05, 3.63) is 0 Å². The van der Waals surface area contributed by atoms with E-state index in [1.165, 1.54) is 45.1 Å². The highest BCUT2D eigenvalue weighted by molar-refractivity contribution is 4.80. The summed E-state index contributed by atoms with van der Waals surface area (Å²) < 4.78 is 0. The van der Waals surface area contributed by atoms with Gasteiger partial charge in [0.05, 0.1) is 0 Å². The number of hydrogen-bond donors (Lipinski definition) is 1. The zero-order valence-corrected chi connectivity index (χ0v) is 12.7. The summed E-state index contributed by atoms with van der Waals surface area (Å²) in [7, 11) is 0. The van der Waals surface area contributed by atoms with Crippen LogP contribution in [-0.2, 0) is 0 Å². The molecule has 1 saturated carbocycles. The molecule has 0 aromatic carbocycles. The molecule has 1 rings (SSSR count). The monoisotopic (exact) mass is 239 g/mol. The lowest BCUT2D eigenvalue weighted by Gasteiger charge is -2.31. The van der Waals surface area contributed by atoms with E-state index in [9.17, 15) is 0 Å². The zero-order valence-electron chi connectivity index (χ0n) is 12.7. The summed E-state index contributed by atoms with van der Waals surface area (Å²) >= 11 is 0. The lowest BCUT2D eigenvalue weighted by molar-refractivity contribution is 0.217. The minimum Gasteiger partial charge on any atom is -0.314 e. The Kier molecular flexibility index (Phi) is 5.99. The quantitative estimate of drug-likeness (QED) is 0.652. The molecule has 0 amide bonds. The Balaban J connectivity index is 2.32. The molecule has 0 spiro atoms. The molecule has 1 heteroatoms. The second kappa shape index (κ2) is 6.78. The van der Waals surface area contributed by atoms with Crippen LogP contribution in [0.15, 0.2) is 0 Å². The molecule has 0 bridgehead atoms. The van der Waals surface area contributed by atoms with Crippen molar-refractivity contribution in [3.63, 3.8) is 0 Å². The summed E-state index contributed by atoms with van der Waals surface area (Å²) in [6.07, 6.45) is 8.44. The fourth-order valence-electron chi connectivity index (χ4n) is 2.28. The van der Waals surface area contributed by atoms with Crippen LogP contribution in [0.2, 0.25) is 0 Å². The fraction of sp³-hybridized carbons (Fsp3) is 1.00. The van der Waals surface area contributed by atoms with Gasteiger partial charge in [-0.25, -0.2) is 0 Å². The van der Waals surface area contributed by atoms with E-state index in [2.05, 4.69) is 39.9 Å². The van der Waals surface area contributed by atoms with Gasteiger partial charge in [-0.2, -0.15) is 0 Å². The maximum atomic E-state index is 3.76. The standard InChI is InChI=1S/C16H33N/c1-6-11-17-15(10-9-14-7-8-14)12-13(2)16(3,4)5/h13-15,17H,6-12H2,1-5H3. The number of rotatable bonds is 8. The van der Waals surface area contributed by atoms with E-state index in [1.807, 2.05) is 0 Å². The highest BCUT2D eigenvalue weighted by Crippen LogP contribution is 2.35. The molecule has 0 radical (unpaired) electrons. The van der Waals surface area contributed by atoms with Gasteiger partial charge in [0, 0.05) is 6.04 Å². The van der Waals surface area contributed by atoms with Crippen LogP contribution in [0.3, 0.4) is 0 Å². The molecule has 0 heterocycles. The maximum Gasteiger partial charge on any atom is 0.00698 e. The van der Waals surface area contributed by atoms with Crippen LogP contribution in [0, 0.1) is 17.3 Å². The Bertz CT molecular complexity index is 200. The van der Waals surface area contributed by atoms with Crippen LogP contribution in [0.4, 0.5) is 0 Å². The van der Waals surface area contributed by atoms with E-state index in [-0.39, 0.29) is 0 Å². The van der Waals surface area contributed by atoms with Crippen molar-refractivity contribution in [1.82, 2.24) is 5.32 Å². The van der Waals surface area contributed by atoms with Gasteiger partial charge >= 0.3 is 0 Å². The van der Waals surface area contributed by atoms with Gasteiger partial charge in [-0.05, 0) is 49.5 Å². The number of nitrogens with one attached hydrogen (secondary N) is 1. The Hall–Kier alpha value is -0.0400. The third-order valence-corrected chi connectivity index (χ3v) is 4.42. The van der Waals surface area contributed by atoms with Crippen LogP contribution >= 0.6 is 0 Å². The van der Waals surface area contributed by atoms with Crippen LogP contribution < -0.4 is 5.32 Å². The molecule has 0 aromatic rings. The maximum absolute atomic E-state index is 3.76. The molecular weight excluding hydrogens is 206 g/mol. The van der Waals surface area contributed by atoms with E-state index in [0.717, 1.165) is 17.9 Å². The summed E-state index contributed by atoms with van der Waals surface area (Å²) in [5, 5.41) is 3.76. The predicted molar refractivity (Wildman–Crippen MR) is 77.3 cm³/mol. The molecule has 1 N–H and O–H groups in total. The lowest BCUT2D eigenvalue weighted by Crippen LogP contribution is -2.34. The van der Waals surface area contributed by atoms with Gasteiger partial charge in [0.25, 0.3) is 0 Å². The van der Waals surface area contributed by atoms with E-state index in [1.54, 1.807) is 0 Å². The first kappa shape index (κ1) is 15.0. The molecular formula is C16H33N. The fourth-order valence-corrected chi connectivity index (χ4v) is 2.28. The van der Waals surface area contributed by atoms with Gasteiger partial charge in [-0.1, -0.05) is 47.5 Å². The second-order valence-corrected chi connectivity index (χ2v) is 7.17. The summed E-state index contributed by atoms with van der Waals surface area (Å²) in [6.45, 7) is 13.0. The molecule has 2 unspecified atom stereocenters. The van der Waals surface area contributed by atoms with Gasteiger partial charge in [0.2, 0.25) is 0 Å². The summed E-state index contributed by atoms with van der Waals surface area (Å²) in [5.41, 5.74) is 0.450. The highest BCUT2D eigenvalue weighted by atomic mass is 14.9. The van der Waals surface area contributed by atoms with Crippen LogP contribution in [-0.4, -0.2) is 12.6 Å². The van der Waals surface area contributed by atoms with Crippen molar-refractivity contribution >= 4 is 0 Å². The molecule has 1 aliphatic rings. The first-order valence-corrected chi connectivity index (χ1v) is 7.66. The van der Waals surface area contributed by atoms with Crippen molar-refractivity contribution < 1.29 is 0 Å². The predicted octanol–water partition coefficient (Wildman–Crippen LogP) is 4.62. The van der Waals surface area contributed by atoms with Gasteiger partial charge < -0.3 is 5.32 Å². The first-order valence-electron chi connectivity index (χ1n) is 7.66. The minimum absolute atomic E-state index is 0.450. The highest BCUT2D eigenvalue weighted by Gasteiger charge is 2.26. The average Bonchev–Trinajstić information content (AvgIpc) is 3.04. The second-order valence-electron chi connectivity index (χ2n) is 7.17. The van der Waals surface area contributed by atoms with Gasteiger partial charge in [0.15, 0.2) is 0 Å². The molecule has 1 fully saturated rings. The Morgan fingerprint density at radius 1 is 1.24 bits per heavy atom. The average molecular weight is 239 g/mol. The summed E-state index contributed by atoms with van der Waals surface area (Å²) in [6, 6.07) is 0.754. The van der Waals surface area contributed by atoms with Gasteiger partial charge in [0.1, 0.15) is 0 Å². The molecule has 2 atom stereocenters. The molecule has 0 aromatic heterocycles. The van der Waals surface area contributed by atoms with Crippen LogP contribution in [0.5, 0.6) is 0 Å². The van der Waals surface area contributed by atoms with Crippen LogP contribution in [0.25, 0.3) is 0 Å². The minimum atomic E-state index is 0.450. The lowest BCUT2D eigenvalue weighted by atomic mass is 9.78. The molecule has 1 aliphatic carbocycles. The smallest absolute Gasteiger partial charge is 0.00698 e. The zero-order chi connectivity index (χ0) is 12.9. The van der Waals surface area contributed by atoms with E-state index in [4.69, 9.17) is 0 Å². The normalized spacial score (nSPS) is 20.3. The summed E-state index contributed by atoms with van der Waals surface area (Å²) in [5.74, 6) is 1.88. The topological polar surface area (TPSA) is 12.0 Å². The third kappa shape index (κ3) is 6.45. The van der Waals surface area contributed by atoms with Crippen molar-refractivity contribution in [2.45, 2.75) is 79.2 Å². The van der Waals surface area contributed by atoms with Crippen molar-refractivity contribution in [2.24, 2.45) is 17.3 Å². The molecule has 0 aliphatic heterocycles. The third-order valence-electron chi connectivity index (χ3n) is 4.42. The van der Waals surface area contributed by atoms with Crippen molar-refractivity contribution in [3.8, 4) is 0 Å². The van der Waals surface area contributed by atoms with Crippen LogP contribution in [0.1, 0.15) is 73.1 Å². The van der Waals surface area contributed by atoms with Crippen molar-refractivity contribution in [2.75, 3.05) is 6.54 Å². The molecule has 102 valence electrons. The molecule has 0 saturated heterocycles. The Morgan fingerprint density at radius 3 is 2.35 bits per heavy atom. The molecule has 17 heavy (non-hydrogen) atoms. The van der Waals surface area contributed by atoms with Crippen molar-refractivity contribution in [1.29, 1.82) is 0 Å². The van der Waals surface area contributed by atoms with Gasteiger partial charge in [-0.3, -0.25) is 0 Å². The Morgan fingerprint density at radius 2 is 1.88 bits per heavy atom. The van der Waals surface area contributed by atoms with Gasteiger partial charge in [-0.15, -0.1) is 0 Å². The van der Waals surface area contributed by atoms with E-state index >= 15 is 0 Å². The first-order chi connectivity index (χ1) is 7.93. The SMILES string of the molecule is CCCNC(CCC1CC1)CC(C)C(C)(C)C. The largest absolute Gasteiger partial charge is 0.314 e. The Labute approximate surface area is 109 Å². The van der Waals surface area contributed by atoms with E-state index < -0.39 is 0 Å². The number of hydrogen-bond acceptors (Lipinski definition) is 1. The molecule has 1 nitrogen and oxygen atoms in total. The van der Waals surface area contributed by atoms with E-state index in [0.29, 0.717) is 5.41 Å².